The lowest BCUT2D eigenvalue weighted by Crippen LogP contribution is -2.30. The van der Waals surface area contributed by atoms with E-state index in [1.54, 1.807) is 0 Å². The minimum Gasteiger partial charge on any atom is -0.477 e. The number of hydrogen-bond donors (Lipinski definition) is 3. The molecule has 0 aliphatic heterocycles. The van der Waals surface area contributed by atoms with Crippen LogP contribution >= 0.6 is 0 Å². The Kier molecular flexibility index (Phi) is 3.80. The van der Waals surface area contributed by atoms with Crippen LogP contribution in [0.3, 0.4) is 0 Å². The third kappa shape index (κ3) is 2.91. The van der Waals surface area contributed by atoms with Gasteiger partial charge in [0.2, 0.25) is 0 Å². The number of carbonyl (C=O) groups is 1. The molecule has 3 aromatic rings. The molecule has 6 heteroatoms. The van der Waals surface area contributed by atoms with Crippen LogP contribution in [0.2, 0.25) is 0 Å². The van der Waals surface area contributed by atoms with Crippen LogP contribution in [-0.4, -0.2) is 21.0 Å². The van der Waals surface area contributed by atoms with Crippen molar-refractivity contribution in [1.82, 2.24) is 9.97 Å². The predicted octanol–water partition coefficient (Wildman–Crippen LogP) is 1.70. The third-order valence-corrected chi connectivity index (χ3v) is 3.78. The zero-order valence-corrected chi connectivity index (χ0v) is 12.1. The van der Waals surface area contributed by atoms with Gasteiger partial charge in [-0.05, 0) is 29.2 Å². The number of H-pyrrole nitrogens is 2. The molecule has 0 spiro atoms. The number of rotatable bonds is 4. The maximum atomic E-state index is 11.9. The molecule has 0 aliphatic rings. The summed E-state index contributed by atoms with van der Waals surface area (Å²) in [4.78, 5) is 38.6. The molecule has 3 N–H and O–H groups in total. The highest BCUT2D eigenvalue weighted by molar-refractivity contribution is 5.87. The molecule has 2 aromatic carbocycles. The molecule has 0 aliphatic carbocycles. The monoisotopic (exact) mass is 310 g/mol. The number of aromatic carboxylic acids is 1. The van der Waals surface area contributed by atoms with E-state index in [9.17, 15) is 14.4 Å². The van der Waals surface area contributed by atoms with Crippen molar-refractivity contribution < 1.29 is 9.90 Å². The van der Waals surface area contributed by atoms with Gasteiger partial charge in [-0.2, -0.15) is 0 Å². The van der Waals surface area contributed by atoms with Gasteiger partial charge in [0.05, 0.1) is 0 Å². The number of aromatic nitrogens is 2. The van der Waals surface area contributed by atoms with Crippen LogP contribution in [0.15, 0.2) is 52.1 Å². The number of fused-ring (bicyclic) bond motifs is 1. The highest BCUT2D eigenvalue weighted by Crippen LogP contribution is 2.20. The lowest BCUT2D eigenvalue weighted by Gasteiger charge is -2.07. The number of aromatic amines is 2. The fourth-order valence-electron chi connectivity index (χ4n) is 2.70. The summed E-state index contributed by atoms with van der Waals surface area (Å²) in [6.07, 6.45) is 0.721. The Hall–Kier alpha value is -3.15. The molecule has 0 fully saturated rings. The van der Waals surface area contributed by atoms with Crippen LogP contribution in [0, 0.1) is 0 Å². The maximum Gasteiger partial charge on any atom is 0.352 e. The van der Waals surface area contributed by atoms with Gasteiger partial charge in [-0.15, -0.1) is 0 Å². The van der Waals surface area contributed by atoms with Crippen molar-refractivity contribution in [3.63, 3.8) is 0 Å². The first-order valence-electron chi connectivity index (χ1n) is 7.11. The summed E-state index contributed by atoms with van der Waals surface area (Å²) >= 11 is 0. The van der Waals surface area contributed by atoms with Gasteiger partial charge in [-0.3, -0.25) is 9.78 Å². The van der Waals surface area contributed by atoms with Crippen molar-refractivity contribution in [3.8, 4) is 0 Å². The van der Waals surface area contributed by atoms with E-state index in [0.717, 1.165) is 16.3 Å². The molecule has 1 heterocycles. The number of hydrogen-bond acceptors (Lipinski definition) is 3. The number of nitrogens with one attached hydrogen (secondary N) is 2. The Labute approximate surface area is 130 Å². The van der Waals surface area contributed by atoms with Gasteiger partial charge in [0.1, 0.15) is 5.69 Å². The summed E-state index contributed by atoms with van der Waals surface area (Å²) < 4.78 is 0. The Bertz CT molecular complexity index is 996. The van der Waals surface area contributed by atoms with Gasteiger partial charge in [0.15, 0.2) is 0 Å². The summed E-state index contributed by atoms with van der Waals surface area (Å²) in [7, 11) is 0. The van der Waals surface area contributed by atoms with Crippen molar-refractivity contribution in [2.45, 2.75) is 12.8 Å². The molecule has 3 rings (SSSR count). The van der Waals surface area contributed by atoms with Gasteiger partial charge in [-0.1, -0.05) is 42.5 Å². The van der Waals surface area contributed by atoms with E-state index < -0.39 is 17.2 Å². The number of benzene rings is 2. The van der Waals surface area contributed by atoms with Gasteiger partial charge < -0.3 is 10.1 Å². The first-order valence-corrected chi connectivity index (χ1v) is 7.11. The summed E-state index contributed by atoms with van der Waals surface area (Å²) in [6, 6.07) is 13.7. The number of carboxylic acid groups (broad SMARTS) is 1. The van der Waals surface area contributed by atoms with Crippen molar-refractivity contribution in [2.75, 3.05) is 0 Å². The molecule has 1 aromatic heterocycles. The molecular weight excluding hydrogens is 296 g/mol. The molecular formula is C17H14N2O4. The fraction of sp³-hybridized carbons (Fsp3) is 0.118. The largest absolute Gasteiger partial charge is 0.477 e. The van der Waals surface area contributed by atoms with Crippen LogP contribution in [0.5, 0.6) is 0 Å². The van der Waals surface area contributed by atoms with Crippen LogP contribution in [0.1, 0.15) is 21.6 Å². The SMILES string of the molecule is O=C(O)c1[nH]c(=O)[nH]c(=O)c1CCc1cccc2ccccc12. The molecule has 0 atom stereocenters. The van der Waals surface area contributed by atoms with E-state index in [-0.39, 0.29) is 17.7 Å². The summed E-state index contributed by atoms with van der Waals surface area (Å²) in [5.41, 5.74) is -0.734. The molecule has 6 nitrogen and oxygen atoms in total. The second kappa shape index (κ2) is 5.92. The Morgan fingerprint density at radius 1 is 0.957 bits per heavy atom. The number of aryl methyl sites for hydroxylation is 1. The van der Waals surface area contributed by atoms with Crippen molar-refractivity contribution >= 4 is 16.7 Å². The van der Waals surface area contributed by atoms with E-state index in [2.05, 4.69) is 9.97 Å². The maximum absolute atomic E-state index is 11.9. The van der Waals surface area contributed by atoms with Gasteiger partial charge >= 0.3 is 11.7 Å². The Balaban J connectivity index is 1.99. The van der Waals surface area contributed by atoms with E-state index in [0.29, 0.717) is 6.42 Å². The fourth-order valence-corrected chi connectivity index (χ4v) is 2.70. The molecule has 0 radical (unpaired) electrons. The Morgan fingerprint density at radius 2 is 1.70 bits per heavy atom. The highest BCUT2D eigenvalue weighted by atomic mass is 16.4. The second-order valence-corrected chi connectivity index (χ2v) is 5.21. The van der Waals surface area contributed by atoms with Gasteiger partial charge in [0.25, 0.3) is 5.56 Å². The van der Waals surface area contributed by atoms with E-state index in [1.807, 2.05) is 42.5 Å². The molecule has 0 bridgehead atoms. The summed E-state index contributed by atoms with van der Waals surface area (Å²) in [5.74, 6) is -1.32. The van der Waals surface area contributed by atoms with E-state index in [4.69, 9.17) is 5.11 Å². The average Bonchev–Trinajstić information content (AvgIpc) is 2.53. The molecule has 116 valence electrons. The minimum atomic E-state index is -1.32. The van der Waals surface area contributed by atoms with Crippen molar-refractivity contribution in [2.24, 2.45) is 0 Å². The molecule has 0 unspecified atom stereocenters. The topological polar surface area (TPSA) is 103 Å². The summed E-state index contributed by atoms with van der Waals surface area (Å²) in [5, 5.41) is 11.3. The lowest BCUT2D eigenvalue weighted by molar-refractivity contribution is 0.0688. The smallest absolute Gasteiger partial charge is 0.352 e. The zero-order chi connectivity index (χ0) is 16.4. The van der Waals surface area contributed by atoms with Gasteiger partial charge in [-0.25, -0.2) is 9.59 Å². The second-order valence-electron chi connectivity index (χ2n) is 5.21. The zero-order valence-electron chi connectivity index (χ0n) is 12.1. The van der Waals surface area contributed by atoms with E-state index >= 15 is 0 Å². The van der Waals surface area contributed by atoms with Crippen LogP contribution in [0.25, 0.3) is 10.8 Å². The quantitative estimate of drug-likeness (QED) is 0.682. The lowest BCUT2D eigenvalue weighted by atomic mass is 9.98. The van der Waals surface area contributed by atoms with Gasteiger partial charge in [0, 0.05) is 5.56 Å². The van der Waals surface area contributed by atoms with Crippen molar-refractivity contribution in [1.29, 1.82) is 0 Å². The standard InChI is InChI=1S/C17H14N2O4/c20-15-13(14(16(21)22)18-17(23)19-15)9-8-11-6-3-5-10-4-1-2-7-12(10)11/h1-7H,8-9H2,(H,21,22)(H2,18,19,20,23). The molecule has 0 saturated carbocycles. The van der Waals surface area contributed by atoms with E-state index in [1.165, 1.54) is 0 Å². The van der Waals surface area contributed by atoms with Crippen LogP contribution < -0.4 is 11.2 Å². The van der Waals surface area contributed by atoms with Crippen LogP contribution in [-0.2, 0) is 12.8 Å². The predicted molar refractivity (Wildman–Crippen MR) is 86.0 cm³/mol. The molecule has 23 heavy (non-hydrogen) atoms. The minimum absolute atomic E-state index is 0.0741. The van der Waals surface area contributed by atoms with Crippen molar-refractivity contribution in [3.05, 3.63) is 80.1 Å². The first kappa shape index (κ1) is 14.8. The third-order valence-electron chi connectivity index (χ3n) is 3.78. The number of carboxylic acids is 1. The Morgan fingerprint density at radius 3 is 2.48 bits per heavy atom. The molecule has 0 saturated heterocycles. The summed E-state index contributed by atoms with van der Waals surface area (Å²) in [6.45, 7) is 0. The normalized spacial score (nSPS) is 10.8. The molecule has 0 amide bonds. The first-order chi connectivity index (χ1) is 11.1. The average molecular weight is 310 g/mol. The highest BCUT2D eigenvalue weighted by Gasteiger charge is 2.15. The van der Waals surface area contributed by atoms with Crippen LogP contribution in [0.4, 0.5) is 0 Å².